The van der Waals surface area contributed by atoms with Crippen LogP contribution < -0.4 is 30.0 Å². The van der Waals surface area contributed by atoms with E-state index in [1.165, 1.54) is 53.2 Å². The SMILES string of the molecule is COc1ccc(CNCC(=O)N(CC(=O)N(CCCCN)CC(=O)N(C)CC(=O)N(CC(=O)N(CC(=O)N(CC(=O)N(CC(=O)N(CC(C)=O)Cc2ccccc2)[C@@H](C)c2ccccc2)Cc2ccc3c(c2)OCO3)[C@@H](C)c2ccccc2)CC(c2ccccc2)c2ccccc2)CC(c2ccccc2)c2ccccc2)cc1OC. The maximum absolute atomic E-state index is 16.1. The maximum atomic E-state index is 16.1. The van der Waals surface area contributed by atoms with Crippen LogP contribution in [0.2, 0.25) is 0 Å². The number of nitrogens with zero attached hydrogens (tertiary/aromatic N) is 8. The summed E-state index contributed by atoms with van der Waals surface area (Å²) in [6.45, 7) is 1.48. The maximum Gasteiger partial charge on any atom is 0.243 e. The molecule has 0 aliphatic carbocycles. The molecule has 9 aromatic carbocycles. The molecule has 0 radical (unpaired) electrons. The third-order valence-electron chi connectivity index (χ3n) is 20.6. The number of ketones is 1. The van der Waals surface area contributed by atoms with Crippen LogP contribution in [0.3, 0.4) is 0 Å². The van der Waals surface area contributed by atoms with E-state index in [1.54, 1.807) is 52.3 Å². The number of carbonyl (C=O) groups is 9. The Hall–Kier alpha value is -12.5. The number of Topliss-reactive ketones (excluding diaryl/α,β-unsaturated/α-hetero) is 1. The van der Waals surface area contributed by atoms with Gasteiger partial charge < -0.3 is 69.2 Å². The number of benzene rings is 9. The van der Waals surface area contributed by atoms with Crippen molar-refractivity contribution in [2.75, 3.05) is 113 Å². The van der Waals surface area contributed by atoms with Crippen molar-refractivity contribution in [3.05, 3.63) is 299 Å². The molecule has 600 valence electrons. The van der Waals surface area contributed by atoms with E-state index >= 15 is 28.8 Å². The normalized spacial score (nSPS) is 11.9. The van der Waals surface area contributed by atoms with Crippen LogP contribution in [-0.4, -0.2) is 205 Å². The highest BCUT2D eigenvalue weighted by Crippen LogP contribution is 2.35. The summed E-state index contributed by atoms with van der Waals surface area (Å²) in [5.41, 5.74) is 13.0. The van der Waals surface area contributed by atoms with E-state index in [2.05, 4.69) is 5.32 Å². The zero-order valence-corrected chi connectivity index (χ0v) is 66.4. The molecule has 2 atom stereocenters. The fourth-order valence-corrected chi connectivity index (χ4v) is 14.1. The molecule has 1 heterocycles. The summed E-state index contributed by atoms with van der Waals surface area (Å²) < 4.78 is 22.4. The van der Waals surface area contributed by atoms with Crippen LogP contribution in [0.4, 0.5) is 0 Å². The van der Waals surface area contributed by atoms with Gasteiger partial charge in [-0.15, -0.1) is 0 Å². The molecule has 8 amide bonds. The third-order valence-corrected chi connectivity index (χ3v) is 20.6. The van der Waals surface area contributed by atoms with Gasteiger partial charge >= 0.3 is 0 Å². The Kier molecular flexibility index (Phi) is 31.7. The number of amides is 8. The number of methoxy groups -OCH3 is 2. The van der Waals surface area contributed by atoms with Gasteiger partial charge in [-0.3, -0.25) is 43.2 Å². The van der Waals surface area contributed by atoms with Crippen LogP contribution in [0, 0.1) is 0 Å². The average molecular weight is 1560 g/mol. The van der Waals surface area contributed by atoms with E-state index in [1.807, 2.05) is 224 Å². The van der Waals surface area contributed by atoms with Crippen LogP contribution in [-0.2, 0) is 62.8 Å². The molecule has 0 unspecified atom stereocenters. The minimum Gasteiger partial charge on any atom is -0.493 e. The molecule has 0 fully saturated rings. The van der Waals surface area contributed by atoms with Crippen LogP contribution >= 0.6 is 0 Å². The van der Waals surface area contributed by atoms with Crippen molar-refractivity contribution in [3.8, 4) is 23.0 Å². The van der Waals surface area contributed by atoms with Crippen molar-refractivity contribution in [2.45, 2.75) is 77.2 Å². The van der Waals surface area contributed by atoms with Crippen molar-refractivity contribution in [1.29, 1.82) is 0 Å². The van der Waals surface area contributed by atoms with Crippen LogP contribution in [0.1, 0.15) is 108 Å². The Morgan fingerprint density at radius 2 is 0.791 bits per heavy atom. The molecule has 0 aromatic heterocycles. The van der Waals surface area contributed by atoms with Crippen molar-refractivity contribution in [3.63, 3.8) is 0 Å². The van der Waals surface area contributed by atoms with Crippen LogP contribution in [0.5, 0.6) is 23.0 Å². The van der Waals surface area contributed by atoms with Gasteiger partial charge in [-0.25, -0.2) is 0 Å². The highest BCUT2D eigenvalue weighted by molar-refractivity contribution is 5.94. The lowest BCUT2D eigenvalue weighted by Gasteiger charge is -2.36. The van der Waals surface area contributed by atoms with Gasteiger partial charge in [-0.05, 0) is 114 Å². The number of hydrogen-bond acceptors (Lipinski definition) is 15. The Morgan fingerprint density at radius 3 is 1.27 bits per heavy atom. The predicted molar refractivity (Wildman–Crippen MR) is 440 cm³/mol. The number of carbonyl (C=O) groups excluding carboxylic acids is 9. The quantitative estimate of drug-likeness (QED) is 0.0337. The minimum absolute atomic E-state index is 0.0291. The standard InChI is InChI=1S/C92H104N10O13/c1-67(103)54-97(55-70-30-14-7-15-31-70)89(108)64-101(68(2)73-32-16-8-17-33-73)91(110)62-98(56-72-45-47-82-84(51-72)115-66-114-82)90(109)65-102(69(3)74-34-18-9-19-35-74)92(111)63-100(58-80(77-40-24-12-25-41-77)78-42-26-13-27-43-78)87(106)59-95(4)86(105)60-96(49-29-28-48-93)88(107)61-99(57-79(75-36-20-10-21-37-75)76-38-22-11-23-39-76)85(104)53-94-52-71-44-46-81(112-5)83(50-71)113-6/h7-27,30-47,50-51,68-69,79-80,94H,28-29,48-49,52-66,93H2,1-6H3/t68-,69-/m0/s1. The Balaban J connectivity index is 0.948. The largest absolute Gasteiger partial charge is 0.493 e. The average Bonchev–Trinajstić information content (AvgIpc) is 1.35. The molecule has 23 heteroatoms. The third kappa shape index (κ3) is 24.5. The summed E-state index contributed by atoms with van der Waals surface area (Å²) in [7, 11) is 4.56. The van der Waals surface area contributed by atoms with E-state index in [9.17, 15) is 14.4 Å². The summed E-state index contributed by atoms with van der Waals surface area (Å²) in [4.78, 5) is 147. The zero-order valence-electron chi connectivity index (χ0n) is 66.4. The molecule has 1 aliphatic rings. The van der Waals surface area contributed by atoms with Crippen LogP contribution in [0.25, 0.3) is 0 Å². The minimum atomic E-state index is -0.832. The van der Waals surface area contributed by atoms with E-state index in [0.29, 0.717) is 59.1 Å². The highest BCUT2D eigenvalue weighted by Gasteiger charge is 2.36. The Labute approximate surface area is 674 Å². The molecule has 0 spiro atoms. The highest BCUT2D eigenvalue weighted by atomic mass is 16.7. The fourth-order valence-electron chi connectivity index (χ4n) is 14.1. The lowest BCUT2D eigenvalue weighted by atomic mass is 9.90. The molecule has 10 rings (SSSR count). The molecular weight excluding hydrogens is 1450 g/mol. The van der Waals surface area contributed by atoms with Gasteiger partial charge in [-0.2, -0.15) is 0 Å². The van der Waals surface area contributed by atoms with E-state index in [4.69, 9.17) is 24.7 Å². The molecule has 0 bridgehead atoms. The van der Waals surface area contributed by atoms with Gasteiger partial charge in [0.25, 0.3) is 0 Å². The van der Waals surface area contributed by atoms with Gasteiger partial charge in [0.15, 0.2) is 23.0 Å². The topological polar surface area (TPSA) is 255 Å². The van der Waals surface area contributed by atoms with E-state index < -0.39 is 105 Å². The van der Waals surface area contributed by atoms with Crippen molar-refractivity contribution in [2.24, 2.45) is 5.73 Å². The summed E-state index contributed by atoms with van der Waals surface area (Å²) in [5.74, 6) is -3.71. The first kappa shape index (κ1) is 85.0. The molecule has 23 nitrogen and oxygen atoms in total. The smallest absolute Gasteiger partial charge is 0.243 e. The first-order valence-corrected chi connectivity index (χ1v) is 38.8. The lowest BCUT2D eigenvalue weighted by Crippen LogP contribution is -2.53. The first-order chi connectivity index (χ1) is 55.8. The number of fused-ring (bicyclic) bond motifs is 1. The van der Waals surface area contributed by atoms with E-state index in [-0.39, 0.29) is 76.8 Å². The second-order valence-electron chi connectivity index (χ2n) is 28.7. The van der Waals surface area contributed by atoms with Crippen molar-refractivity contribution >= 4 is 53.0 Å². The van der Waals surface area contributed by atoms with E-state index in [0.717, 1.165) is 33.4 Å². The molecular formula is C92H104N10O13. The molecule has 0 saturated heterocycles. The number of nitrogens with two attached hydrogens (primary N) is 1. The monoisotopic (exact) mass is 1560 g/mol. The summed E-state index contributed by atoms with van der Waals surface area (Å²) in [6, 6.07) is 75.1. The molecule has 3 N–H and O–H groups in total. The number of rotatable bonds is 42. The Bertz CT molecular complexity index is 4590. The summed E-state index contributed by atoms with van der Waals surface area (Å²) in [5, 5.41) is 3.26. The number of unbranched alkanes of at least 4 members (excludes halogenated alkanes) is 1. The number of ether oxygens (including phenoxy) is 4. The van der Waals surface area contributed by atoms with Gasteiger partial charge in [0.05, 0.1) is 65.6 Å². The molecule has 9 aromatic rings. The van der Waals surface area contributed by atoms with Gasteiger partial charge in [0, 0.05) is 58.2 Å². The number of hydrogen-bond donors (Lipinski definition) is 2. The second-order valence-corrected chi connectivity index (χ2v) is 28.7. The first-order valence-electron chi connectivity index (χ1n) is 38.8. The molecule has 1 aliphatic heterocycles. The molecule has 0 saturated carbocycles. The summed E-state index contributed by atoms with van der Waals surface area (Å²) >= 11 is 0. The second kappa shape index (κ2) is 43.0. The van der Waals surface area contributed by atoms with Gasteiger partial charge in [-0.1, -0.05) is 224 Å². The van der Waals surface area contributed by atoms with Crippen LogP contribution in [0.15, 0.2) is 249 Å². The molecule has 115 heavy (non-hydrogen) atoms. The van der Waals surface area contributed by atoms with Crippen molar-refractivity contribution in [1.82, 2.24) is 44.5 Å². The predicted octanol–water partition coefficient (Wildman–Crippen LogP) is 10.7. The van der Waals surface area contributed by atoms with Gasteiger partial charge in [0.2, 0.25) is 54.1 Å². The summed E-state index contributed by atoms with van der Waals surface area (Å²) in [6.07, 6.45) is 0.935. The van der Waals surface area contributed by atoms with Crippen molar-refractivity contribution < 1.29 is 62.1 Å². The van der Waals surface area contributed by atoms with Gasteiger partial charge in [0.1, 0.15) is 25.4 Å². The number of likely N-dealkylation sites (N-methyl/N-ethyl adjacent to an activating group) is 1. The lowest BCUT2D eigenvalue weighted by molar-refractivity contribution is -0.150. The fraction of sp³-hybridized carbons (Fsp3) is 0.315. The Morgan fingerprint density at radius 1 is 0.391 bits per heavy atom. The zero-order chi connectivity index (χ0) is 81.6. The number of nitrogens with one attached hydrogen (secondary N) is 1.